The molecule has 0 radical (unpaired) electrons. The van der Waals surface area contributed by atoms with Crippen LogP contribution in [0, 0.1) is 12.3 Å². The van der Waals surface area contributed by atoms with Gasteiger partial charge in [0.2, 0.25) is 0 Å². The molecule has 1 saturated heterocycles. The molecule has 23 heavy (non-hydrogen) atoms. The summed E-state index contributed by atoms with van der Waals surface area (Å²) in [7, 11) is 3.28. The average Bonchev–Trinajstić information content (AvgIpc) is 2.59. The second-order valence-corrected chi connectivity index (χ2v) is 6.41. The summed E-state index contributed by atoms with van der Waals surface area (Å²) in [4.78, 5) is 14.7. The average molecular weight is 321 g/mol. The largest absolute Gasteiger partial charge is 0.497 e. The highest BCUT2D eigenvalue weighted by Gasteiger charge is 2.36. The smallest absolute Gasteiger partial charge is 0.254 e. The van der Waals surface area contributed by atoms with Crippen LogP contribution in [0.15, 0.2) is 18.2 Å². The van der Waals surface area contributed by atoms with Gasteiger partial charge in [0.15, 0.2) is 0 Å². The Balaban J connectivity index is 2.15. The van der Waals surface area contributed by atoms with Crippen LogP contribution in [-0.4, -0.2) is 56.4 Å². The Bertz CT molecular complexity index is 546. The van der Waals surface area contributed by atoms with E-state index in [0.717, 1.165) is 37.1 Å². The van der Waals surface area contributed by atoms with E-state index in [0.29, 0.717) is 18.7 Å². The van der Waals surface area contributed by atoms with Crippen molar-refractivity contribution in [1.29, 1.82) is 0 Å². The van der Waals surface area contributed by atoms with E-state index in [-0.39, 0.29) is 17.9 Å². The lowest BCUT2D eigenvalue weighted by molar-refractivity contribution is 0.00895. The standard InChI is InChI=1S/C18H27NO4/c1-14-11-15(23-3)5-6-16(14)17(21)19-9-4-7-18(12-19,13-20)8-10-22-2/h5-6,11,20H,4,7-10,12-13H2,1-3H3/t18-/m1/s1. The first kappa shape index (κ1) is 17.8. The van der Waals surface area contributed by atoms with Crippen molar-refractivity contribution in [3.63, 3.8) is 0 Å². The van der Waals surface area contributed by atoms with Gasteiger partial charge in [0, 0.05) is 37.8 Å². The van der Waals surface area contributed by atoms with Crippen LogP contribution in [0.4, 0.5) is 0 Å². The lowest BCUT2D eigenvalue weighted by atomic mass is 9.78. The quantitative estimate of drug-likeness (QED) is 0.873. The van der Waals surface area contributed by atoms with Gasteiger partial charge in [0.1, 0.15) is 5.75 Å². The first-order chi connectivity index (χ1) is 11.0. The van der Waals surface area contributed by atoms with Gasteiger partial charge in [-0.25, -0.2) is 0 Å². The second-order valence-electron chi connectivity index (χ2n) is 6.41. The van der Waals surface area contributed by atoms with Crippen LogP contribution in [-0.2, 0) is 4.74 Å². The molecule has 1 aromatic rings. The van der Waals surface area contributed by atoms with Crippen molar-refractivity contribution in [2.24, 2.45) is 5.41 Å². The Morgan fingerprint density at radius 2 is 2.17 bits per heavy atom. The van der Waals surface area contributed by atoms with Crippen molar-refractivity contribution in [2.45, 2.75) is 26.2 Å². The molecule has 0 spiro atoms. The van der Waals surface area contributed by atoms with E-state index in [2.05, 4.69) is 0 Å². The lowest BCUT2D eigenvalue weighted by Gasteiger charge is -2.42. The van der Waals surface area contributed by atoms with Crippen molar-refractivity contribution in [1.82, 2.24) is 4.90 Å². The van der Waals surface area contributed by atoms with Gasteiger partial charge in [-0.2, -0.15) is 0 Å². The molecule has 5 nitrogen and oxygen atoms in total. The Morgan fingerprint density at radius 3 is 2.78 bits per heavy atom. The molecule has 1 amide bonds. The summed E-state index contributed by atoms with van der Waals surface area (Å²) in [5, 5.41) is 9.85. The number of aliphatic hydroxyl groups excluding tert-OH is 1. The van der Waals surface area contributed by atoms with Crippen molar-refractivity contribution in [3.8, 4) is 5.75 Å². The van der Waals surface area contributed by atoms with Crippen molar-refractivity contribution >= 4 is 5.91 Å². The molecule has 1 N–H and O–H groups in total. The molecule has 0 aromatic heterocycles. The fraction of sp³-hybridized carbons (Fsp3) is 0.611. The topological polar surface area (TPSA) is 59.0 Å². The van der Waals surface area contributed by atoms with Gasteiger partial charge in [0.05, 0.1) is 13.7 Å². The third-order valence-electron chi connectivity index (χ3n) is 4.78. The summed E-state index contributed by atoms with van der Waals surface area (Å²) >= 11 is 0. The van der Waals surface area contributed by atoms with Gasteiger partial charge >= 0.3 is 0 Å². The predicted octanol–water partition coefficient (Wildman–Crippen LogP) is 2.25. The van der Waals surface area contributed by atoms with Gasteiger partial charge < -0.3 is 19.5 Å². The zero-order valence-electron chi connectivity index (χ0n) is 14.3. The third kappa shape index (κ3) is 4.03. The summed E-state index contributed by atoms with van der Waals surface area (Å²) in [6, 6.07) is 5.51. The summed E-state index contributed by atoms with van der Waals surface area (Å²) in [6.45, 7) is 3.92. The van der Waals surface area contributed by atoms with E-state index in [1.807, 2.05) is 30.0 Å². The Hall–Kier alpha value is -1.59. The highest BCUT2D eigenvalue weighted by atomic mass is 16.5. The maximum atomic E-state index is 12.9. The molecule has 0 aliphatic carbocycles. The van der Waals surface area contributed by atoms with Crippen molar-refractivity contribution in [3.05, 3.63) is 29.3 Å². The van der Waals surface area contributed by atoms with Crippen LogP contribution in [0.25, 0.3) is 0 Å². The number of likely N-dealkylation sites (tertiary alicyclic amines) is 1. The van der Waals surface area contributed by atoms with E-state index >= 15 is 0 Å². The molecular weight excluding hydrogens is 294 g/mol. The molecule has 1 atom stereocenters. The van der Waals surface area contributed by atoms with Crippen LogP contribution in [0.1, 0.15) is 35.2 Å². The summed E-state index contributed by atoms with van der Waals surface area (Å²) in [5.74, 6) is 0.780. The number of carbonyl (C=O) groups excluding carboxylic acids is 1. The van der Waals surface area contributed by atoms with Crippen molar-refractivity contribution in [2.75, 3.05) is 40.5 Å². The molecule has 1 aliphatic heterocycles. The Morgan fingerprint density at radius 1 is 1.39 bits per heavy atom. The number of hydrogen-bond donors (Lipinski definition) is 1. The van der Waals surface area contributed by atoms with E-state index in [9.17, 15) is 9.90 Å². The second kappa shape index (κ2) is 7.79. The number of ether oxygens (including phenoxy) is 2. The Labute approximate surface area is 138 Å². The monoisotopic (exact) mass is 321 g/mol. The molecular formula is C18H27NO4. The minimum atomic E-state index is -0.246. The first-order valence-corrected chi connectivity index (χ1v) is 8.09. The van der Waals surface area contributed by atoms with Crippen molar-refractivity contribution < 1.29 is 19.4 Å². The zero-order valence-corrected chi connectivity index (χ0v) is 14.3. The highest BCUT2D eigenvalue weighted by molar-refractivity contribution is 5.96. The van der Waals surface area contributed by atoms with Crippen LogP contribution in [0.5, 0.6) is 5.75 Å². The molecule has 1 aromatic carbocycles. The number of hydrogen-bond acceptors (Lipinski definition) is 4. The Kier molecular flexibility index (Phi) is 6.02. The van der Waals surface area contributed by atoms with Crippen LogP contribution in [0.3, 0.4) is 0 Å². The van der Waals surface area contributed by atoms with Gasteiger partial charge in [-0.3, -0.25) is 4.79 Å². The molecule has 1 aliphatic rings. The minimum Gasteiger partial charge on any atom is -0.497 e. The normalized spacial score (nSPS) is 21.3. The molecule has 0 unspecified atom stereocenters. The maximum absolute atomic E-state index is 12.9. The summed E-state index contributed by atoms with van der Waals surface area (Å²) in [6.07, 6.45) is 2.61. The number of methoxy groups -OCH3 is 2. The number of aliphatic hydroxyl groups is 1. The number of aryl methyl sites for hydroxylation is 1. The summed E-state index contributed by atoms with van der Waals surface area (Å²) < 4.78 is 10.4. The molecule has 1 fully saturated rings. The number of rotatable bonds is 6. The molecule has 1 heterocycles. The number of nitrogens with zero attached hydrogens (tertiary/aromatic N) is 1. The van der Waals surface area contributed by atoms with E-state index in [1.165, 1.54) is 0 Å². The van der Waals surface area contributed by atoms with E-state index in [4.69, 9.17) is 9.47 Å². The lowest BCUT2D eigenvalue weighted by Crippen LogP contribution is -2.48. The van der Waals surface area contributed by atoms with Crippen LogP contribution >= 0.6 is 0 Å². The zero-order chi connectivity index (χ0) is 16.9. The van der Waals surface area contributed by atoms with E-state index in [1.54, 1.807) is 14.2 Å². The molecule has 5 heteroatoms. The van der Waals surface area contributed by atoms with Crippen LogP contribution in [0.2, 0.25) is 0 Å². The van der Waals surface area contributed by atoms with E-state index < -0.39 is 0 Å². The molecule has 2 rings (SSSR count). The van der Waals surface area contributed by atoms with Gasteiger partial charge in [0.25, 0.3) is 5.91 Å². The predicted molar refractivity (Wildman–Crippen MR) is 88.9 cm³/mol. The fourth-order valence-corrected chi connectivity index (χ4v) is 3.29. The fourth-order valence-electron chi connectivity index (χ4n) is 3.29. The van der Waals surface area contributed by atoms with Crippen LogP contribution < -0.4 is 4.74 Å². The van der Waals surface area contributed by atoms with Gasteiger partial charge in [-0.15, -0.1) is 0 Å². The molecule has 0 bridgehead atoms. The SMILES string of the molecule is COCC[C@]1(CO)CCCN(C(=O)c2ccc(OC)cc2C)C1. The minimum absolute atomic E-state index is 0.0279. The van der Waals surface area contributed by atoms with Gasteiger partial charge in [-0.05, 0) is 49.9 Å². The number of carbonyl (C=O) groups is 1. The first-order valence-electron chi connectivity index (χ1n) is 8.09. The highest BCUT2D eigenvalue weighted by Crippen LogP contribution is 2.34. The summed E-state index contributed by atoms with van der Waals surface area (Å²) in [5.41, 5.74) is 1.36. The number of benzene rings is 1. The molecule has 128 valence electrons. The maximum Gasteiger partial charge on any atom is 0.254 e. The number of amides is 1. The third-order valence-corrected chi connectivity index (χ3v) is 4.78. The number of piperidine rings is 1. The molecule has 0 saturated carbocycles. The van der Waals surface area contributed by atoms with Gasteiger partial charge in [-0.1, -0.05) is 0 Å².